The second-order valence-corrected chi connectivity index (χ2v) is 3.96. The summed E-state index contributed by atoms with van der Waals surface area (Å²) in [7, 11) is 0. The van der Waals surface area contributed by atoms with E-state index in [2.05, 4.69) is 0 Å². The molecule has 2 aromatic carbocycles. The summed E-state index contributed by atoms with van der Waals surface area (Å²) in [4.78, 5) is 10.7. The van der Waals surface area contributed by atoms with Crippen LogP contribution in [0.1, 0.15) is 17.3 Å². The van der Waals surface area contributed by atoms with Gasteiger partial charge in [-0.15, -0.1) is 0 Å². The zero-order valence-electron chi connectivity index (χ0n) is 10.8. The van der Waals surface area contributed by atoms with Crippen LogP contribution in [0.4, 0.5) is 4.39 Å². The number of rotatable bonds is 5. The van der Waals surface area contributed by atoms with Crippen molar-refractivity contribution in [1.82, 2.24) is 0 Å². The molecule has 0 unspecified atom stereocenters. The summed E-state index contributed by atoms with van der Waals surface area (Å²) in [5, 5.41) is 8.76. The minimum absolute atomic E-state index is 0.0383. The van der Waals surface area contributed by atoms with E-state index in [0.29, 0.717) is 18.1 Å². The number of carboxylic acid groups (broad SMARTS) is 1. The first kappa shape index (κ1) is 13.9. The van der Waals surface area contributed by atoms with E-state index in [4.69, 9.17) is 14.6 Å². The van der Waals surface area contributed by atoms with Crippen LogP contribution < -0.4 is 9.47 Å². The fraction of sp³-hybridized carbons (Fsp3) is 0.133. The minimum atomic E-state index is -1.19. The number of carbonyl (C=O) groups is 1. The van der Waals surface area contributed by atoms with E-state index < -0.39 is 11.8 Å². The number of carboxylic acids is 1. The van der Waals surface area contributed by atoms with Crippen molar-refractivity contribution in [2.75, 3.05) is 6.61 Å². The molecule has 0 aliphatic heterocycles. The summed E-state index contributed by atoms with van der Waals surface area (Å²) < 4.78 is 24.4. The molecule has 104 valence electrons. The highest BCUT2D eigenvalue weighted by Crippen LogP contribution is 2.27. The molecule has 0 fully saturated rings. The van der Waals surface area contributed by atoms with E-state index in [1.807, 2.05) is 6.92 Å². The van der Waals surface area contributed by atoms with E-state index >= 15 is 0 Å². The third-order valence-electron chi connectivity index (χ3n) is 2.52. The molecule has 0 spiro atoms. The van der Waals surface area contributed by atoms with Crippen LogP contribution in [-0.4, -0.2) is 17.7 Å². The first-order valence-electron chi connectivity index (χ1n) is 6.03. The Bertz CT molecular complexity index is 625. The van der Waals surface area contributed by atoms with Crippen LogP contribution in [0.3, 0.4) is 0 Å². The molecule has 2 aromatic rings. The largest absolute Gasteiger partial charge is 0.494 e. The van der Waals surface area contributed by atoms with E-state index in [0.717, 1.165) is 6.07 Å². The first-order chi connectivity index (χ1) is 9.60. The Morgan fingerprint density at radius 1 is 1.20 bits per heavy atom. The van der Waals surface area contributed by atoms with Crippen LogP contribution in [0.25, 0.3) is 0 Å². The topological polar surface area (TPSA) is 55.8 Å². The maximum Gasteiger partial charge on any atom is 0.335 e. The van der Waals surface area contributed by atoms with Gasteiger partial charge in [0, 0.05) is 6.07 Å². The fourth-order valence-corrected chi connectivity index (χ4v) is 1.64. The van der Waals surface area contributed by atoms with Crippen LogP contribution >= 0.6 is 0 Å². The Labute approximate surface area is 115 Å². The van der Waals surface area contributed by atoms with Crippen molar-refractivity contribution in [1.29, 1.82) is 0 Å². The maximum atomic E-state index is 13.7. The Morgan fingerprint density at radius 2 is 1.95 bits per heavy atom. The number of aromatic carboxylic acids is 1. The lowest BCUT2D eigenvalue weighted by atomic mass is 10.2. The molecule has 0 saturated carbocycles. The minimum Gasteiger partial charge on any atom is -0.494 e. The van der Waals surface area contributed by atoms with Gasteiger partial charge in [0.15, 0.2) is 11.6 Å². The fourth-order valence-electron chi connectivity index (χ4n) is 1.64. The van der Waals surface area contributed by atoms with Crippen molar-refractivity contribution in [3.8, 4) is 17.2 Å². The molecule has 2 rings (SSSR count). The average molecular weight is 276 g/mol. The van der Waals surface area contributed by atoms with Gasteiger partial charge in [0.1, 0.15) is 11.5 Å². The zero-order valence-corrected chi connectivity index (χ0v) is 10.8. The highest BCUT2D eigenvalue weighted by molar-refractivity contribution is 5.87. The van der Waals surface area contributed by atoms with Crippen LogP contribution in [0.2, 0.25) is 0 Å². The van der Waals surface area contributed by atoms with Crippen LogP contribution in [0, 0.1) is 5.82 Å². The molecular weight excluding hydrogens is 263 g/mol. The van der Waals surface area contributed by atoms with Crippen LogP contribution in [-0.2, 0) is 0 Å². The summed E-state index contributed by atoms with van der Waals surface area (Å²) in [5.41, 5.74) is -0.127. The van der Waals surface area contributed by atoms with Crippen LogP contribution in [0.5, 0.6) is 17.2 Å². The number of hydrogen-bond donors (Lipinski definition) is 1. The second kappa shape index (κ2) is 6.06. The van der Waals surface area contributed by atoms with E-state index in [1.54, 1.807) is 24.3 Å². The van der Waals surface area contributed by atoms with Gasteiger partial charge < -0.3 is 14.6 Å². The van der Waals surface area contributed by atoms with Crippen molar-refractivity contribution in [3.05, 3.63) is 53.8 Å². The summed E-state index contributed by atoms with van der Waals surface area (Å²) in [5.74, 6) is -0.922. The monoisotopic (exact) mass is 276 g/mol. The lowest BCUT2D eigenvalue weighted by Gasteiger charge is -2.09. The Morgan fingerprint density at radius 3 is 2.60 bits per heavy atom. The smallest absolute Gasteiger partial charge is 0.335 e. The van der Waals surface area contributed by atoms with Gasteiger partial charge in [-0.3, -0.25) is 0 Å². The van der Waals surface area contributed by atoms with Gasteiger partial charge in [0.05, 0.1) is 12.2 Å². The van der Waals surface area contributed by atoms with Crippen molar-refractivity contribution < 1.29 is 23.8 Å². The molecule has 0 amide bonds. The van der Waals surface area contributed by atoms with Gasteiger partial charge in [-0.1, -0.05) is 6.07 Å². The molecule has 1 N–H and O–H groups in total. The van der Waals surface area contributed by atoms with E-state index in [9.17, 15) is 9.18 Å². The predicted octanol–water partition coefficient (Wildman–Crippen LogP) is 3.71. The Balaban J connectivity index is 2.21. The van der Waals surface area contributed by atoms with Crippen LogP contribution in [0.15, 0.2) is 42.5 Å². The SMILES string of the molecule is CCOc1cccc(Oc2ccc(C(=O)O)cc2F)c1. The lowest BCUT2D eigenvalue weighted by Crippen LogP contribution is -1.98. The van der Waals surface area contributed by atoms with E-state index in [-0.39, 0.29) is 11.3 Å². The first-order valence-corrected chi connectivity index (χ1v) is 6.03. The van der Waals surface area contributed by atoms with Crippen molar-refractivity contribution >= 4 is 5.97 Å². The number of hydrogen-bond acceptors (Lipinski definition) is 3. The summed E-state index contributed by atoms with van der Waals surface area (Å²) in [6.45, 7) is 2.38. The quantitative estimate of drug-likeness (QED) is 0.904. The zero-order chi connectivity index (χ0) is 14.5. The van der Waals surface area contributed by atoms with Gasteiger partial charge in [0.25, 0.3) is 0 Å². The molecule has 4 nitrogen and oxygen atoms in total. The molecule has 5 heteroatoms. The number of ether oxygens (including phenoxy) is 2. The third kappa shape index (κ3) is 3.26. The molecule has 0 aliphatic carbocycles. The summed E-state index contributed by atoms with van der Waals surface area (Å²) >= 11 is 0. The lowest BCUT2D eigenvalue weighted by molar-refractivity contribution is 0.0696. The molecule has 0 radical (unpaired) electrons. The molecule has 0 bridgehead atoms. The van der Waals surface area contributed by atoms with E-state index in [1.165, 1.54) is 12.1 Å². The molecule has 0 heterocycles. The molecular formula is C15H13FO4. The van der Waals surface area contributed by atoms with Gasteiger partial charge in [0.2, 0.25) is 0 Å². The van der Waals surface area contributed by atoms with Gasteiger partial charge >= 0.3 is 5.97 Å². The Kier molecular flexibility index (Phi) is 4.20. The number of benzene rings is 2. The summed E-state index contributed by atoms with van der Waals surface area (Å²) in [6, 6.07) is 10.3. The molecule has 0 atom stereocenters. The molecule has 0 saturated heterocycles. The van der Waals surface area contributed by atoms with Gasteiger partial charge in [-0.2, -0.15) is 0 Å². The van der Waals surface area contributed by atoms with Gasteiger partial charge in [-0.25, -0.2) is 9.18 Å². The second-order valence-electron chi connectivity index (χ2n) is 3.96. The van der Waals surface area contributed by atoms with Crippen molar-refractivity contribution in [2.24, 2.45) is 0 Å². The van der Waals surface area contributed by atoms with Crippen molar-refractivity contribution in [2.45, 2.75) is 6.92 Å². The van der Waals surface area contributed by atoms with Gasteiger partial charge in [-0.05, 0) is 37.3 Å². The highest BCUT2D eigenvalue weighted by atomic mass is 19.1. The highest BCUT2D eigenvalue weighted by Gasteiger charge is 2.10. The summed E-state index contributed by atoms with van der Waals surface area (Å²) in [6.07, 6.45) is 0. The normalized spacial score (nSPS) is 10.1. The molecule has 0 aliphatic rings. The third-order valence-corrected chi connectivity index (χ3v) is 2.52. The maximum absolute atomic E-state index is 13.7. The number of halogens is 1. The Hall–Kier alpha value is -2.56. The predicted molar refractivity (Wildman–Crippen MR) is 71.0 cm³/mol. The standard InChI is InChI=1S/C15H13FO4/c1-2-19-11-4-3-5-12(9-11)20-14-7-6-10(15(17)18)8-13(14)16/h3-9H,2H2,1H3,(H,17,18). The van der Waals surface area contributed by atoms with Crippen molar-refractivity contribution in [3.63, 3.8) is 0 Å². The molecule has 0 aromatic heterocycles. The average Bonchev–Trinajstić information content (AvgIpc) is 2.42. The molecule has 20 heavy (non-hydrogen) atoms.